The molecule has 3 heteroatoms. The lowest BCUT2D eigenvalue weighted by Gasteiger charge is -2.40. The predicted molar refractivity (Wildman–Crippen MR) is 271 cm³/mol. The van der Waals surface area contributed by atoms with Crippen LogP contribution in [0.3, 0.4) is 0 Å². The SMILES string of the molecule is c1ccc2c(c1)Oc1ccccc1C21c2ccccc2-c2ccc(N(c3ccc4c(ccc5ccccc54)c3)c3cccc4c3-c3ccccc3C43c4ccccc4Oc4ccccc43)cc21. The molecule has 0 aromatic heterocycles. The summed E-state index contributed by atoms with van der Waals surface area (Å²) in [4.78, 5) is 2.52. The lowest BCUT2D eigenvalue weighted by molar-refractivity contribution is 0.436. The van der Waals surface area contributed by atoms with E-state index in [0.29, 0.717) is 0 Å². The van der Waals surface area contributed by atoms with E-state index in [1.807, 2.05) is 0 Å². The van der Waals surface area contributed by atoms with Crippen LogP contribution in [0.15, 0.2) is 237 Å². The number of rotatable bonds is 3. The maximum Gasteiger partial charge on any atom is 0.132 e. The Kier molecular flexibility index (Phi) is 7.36. The molecule has 0 atom stereocenters. The van der Waals surface area contributed by atoms with Crippen LogP contribution in [-0.4, -0.2) is 0 Å². The van der Waals surface area contributed by atoms with Gasteiger partial charge in [0.15, 0.2) is 0 Å². The van der Waals surface area contributed by atoms with Crippen molar-refractivity contribution in [3.8, 4) is 45.3 Å². The molecule has 11 aromatic carbocycles. The quantitative estimate of drug-likeness (QED) is 0.165. The van der Waals surface area contributed by atoms with E-state index in [1.54, 1.807) is 0 Å². The zero-order valence-electron chi connectivity index (χ0n) is 36.3. The van der Waals surface area contributed by atoms with Crippen molar-refractivity contribution in [1.29, 1.82) is 0 Å². The average Bonchev–Trinajstić information content (AvgIpc) is 3.85. The first-order valence-corrected chi connectivity index (χ1v) is 23.2. The summed E-state index contributed by atoms with van der Waals surface area (Å²) in [6.45, 7) is 0. The van der Waals surface area contributed by atoms with E-state index < -0.39 is 10.8 Å². The van der Waals surface area contributed by atoms with Crippen LogP contribution in [0.1, 0.15) is 44.5 Å². The van der Waals surface area contributed by atoms with E-state index >= 15 is 0 Å². The van der Waals surface area contributed by atoms with Gasteiger partial charge in [0.2, 0.25) is 0 Å². The van der Waals surface area contributed by atoms with Crippen LogP contribution in [0, 0.1) is 0 Å². The Morgan fingerprint density at radius 1 is 0.284 bits per heavy atom. The van der Waals surface area contributed by atoms with E-state index in [2.05, 4.69) is 241 Å². The minimum absolute atomic E-state index is 0.611. The number of ether oxygens (including phenoxy) is 2. The molecule has 2 spiro atoms. The summed E-state index contributed by atoms with van der Waals surface area (Å²) in [6, 6.07) is 86.8. The fourth-order valence-corrected chi connectivity index (χ4v) is 12.6. The van der Waals surface area contributed by atoms with Crippen LogP contribution >= 0.6 is 0 Å². The molecular formula is C64H39NO2. The van der Waals surface area contributed by atoms with Crippen molar-refractivity contribution in [2.45, 2.75) is 10.8 Å². The second-order valence-electron chi connectivity index (χ2n) is 18.2. The molecule has 0 N–H and O–H groups in total. The monoisotopic (exact) mass is 853 g/mol. The largest absolute Gasteiger partial charge is 0.457 e. The van der Waals surface area contributed by atoms with Gasteiger partial charge in [-0.05, 0) is 115 Å². The summed E-state index contributed by atoms with van der Waals surface area (Å²) >= 11 is 0. The van der Waals surface area contributed by atoms with Crippen molar-refractivity contribution in [3.63, 3.8) is 0 Å². The molecule has 15 rings (SSSR count). The number of hydrogen-bond donors (Lipinski definition) is 0. The molecule has 0 unspecified atom stereocenters. The van der Waals surface area contributed by atoms with Gasteiger partial charge < -0.3 is 14.4 Å². The first kappa shape index (κ1) is 36.7. The van der Waals surface area contributed by atoms with Crippen LogP contribution in [0.5, 0.6) is 23.0 Å². The lowest BCUT2D eigenvalue weighted by atomic mass is 9.66. The Hall–Kier alpha value is -8.66. The van der Waals surface area contributed by atoms with Gasteiger partial charge in [0.1, 0.15) is 23.0 Å². The minimum Gasteiger partial charge on any atom is -0.457 e. The molecule has 0 saturated heterocycles. The second-order valence-corrected chi connectivity index (χ2v) is 18.2. The van der Waals surface area contributed by atoms with E-state index in [1.165, 1.54) is 66.1 Å². The summed E-state index contributed by atoms with van der Waals surface area (Å²) in [5.74, 6) is 3.53. The zero-order chi connectivity index (χ0) is 43.8. The van der Waals surface area contributed by atoms with Crippen molar-refractivity contribution in [2.75, 3.05) is 4.90 Å². The molecule has 0 amide bonds. The summed E-state index contributed by atoms with van der Waals surface area (Å²) in [6.07, 6.45) is 0. The van der Waals surface area contributed by atoms with Gasteiger partial charge in [-0.2, -0.15) is 0 Å². The minimum atomic E-state index is -0.619. The summed E-state index contributed by atoms with van der Waals surface area (Å²) < 4.78 is 13.5. The maximum absolute atomic E-state index is 6.75. The molecule has 0 bridgehead atoms. The highest BCUT2D eigenvalue weighted by Crippen LogP contribution is 2.66. The standard InChI is InChI=1S/C64H39NO2/c1-2-17-44-40(16-1)32-33-41-38-42(34-36-45(41)44)65(43-35-37-47-46-18-3-5-20-49(46)64(56(47)39-43)53-24-9-13-30-60(53)67-61-31-14-10-25-54(61)64)57-27-15-26-55-62(57)48-19-4-6-21-50(48)63(55)51-22-7-11-28-58(51)66-59-29-12-8-23-52(59)63/h1-39H. The van der Waals surface area contributed by atoms with Gasteiger partial charge in [-0.3, -0.25) is 0 Å². The van der Waals surface area contributed by atoms with E-state index in [4.69, 9.17) is 9.47 Å². The molecule has 0 saturated carbocycles. The van der Waals surface area contributed by atoms with Gasteiger partial charge in [-0.15, -0.1) is 0 Å². The van der Waals surface area contributed by atoms with Gasteiger partial charge in [-0.25, -0.2) is 0 Å². The zero-order valence-corrected chi connectivity index (χ0v) is 36.3. The third-order valence-corrected chi connectivity index (χ3v) is 15.2. The van der Waals surface area contributed by atoms with E-state index in [-0.39, 0.29) is 0 Å². The lowest BCUT2D eigenvalue weighted by Crippen LogP contribution is -2.32. The first-order valence-electron chi connectivity index (χ1n) is 23.2. The summed E-state index contributed by atoms with van der Waals surface area (Å²) in [5, 5.41) is 4.91. The van der Waals surface area contributed by atoms with Crippen LogP contribution in [0.4, 0.5) is 17.1 Å². The van der Waals surface area contributed by atoms with E-state index in [9.17, 15) is 0 Å². The van der Waals surface area contributed by atoms with Crippen molar-refractivity contribution in [1.82, 2.24) is 0 Å². The van der Waals surface area contributed by atoms with Crippen molar-refractivity contribution in [2.24, 2.45) is 0 Å². The van der Waals surface area contributed by atoms with Crippen LogP contribution in [0.25, 0.3) is 43.8 Å². The van der Waals surface area contributed by atoms with Gasteiger partial charge in [0.25, 0.3) is 0 Å². The molecular weight excluding hydrogens is 815 g/mol. The van der Waals surface area contributed by atoms with Crippen molar-refractivity contribution in [3.05, 3.63) is 281 Å². The first-order chi connectivity index (χ1) is 33.2. The number of hydrogen-bond acceptors (Lipinski definition) is 3. The Bertz CT molecular complexity index is 3830. The number of fused-ring (bicyclic) bond motifs is 21. The van der Waals surface area contributed by atoms with Gasteiger partial charge in [-0.1, -0.05) is 182 Å². The molecule has 0 fully saturated rings. The van der Waals surface area contributed by atoms with Crippen LogP contribution in [-0.2, 0) is 10.8 Å². The molecule has 2 aliphatic carbocycles. The van der Waals surface area contributed by atoms with Crippen molar-refractivity contribution >= 4 is 38.6 Å². The Morgan fingerprint density at radius 3 is 1.39 bits per heavy atom. The Morgan fingerprint density at radius 2 is 0.731 bits per heavy atom. The fourth-order valence-electron chi connectivity index (χ4n) is 12.6. The van der Waals surface area contributed by atoms with Gasteiger partial charge in [0.05, 0.1) is 16.5 Å². The number of benzene rings is 11. The highest BCUT2D eigenvalue weighted by Gasteiger charge is 2.53. The second kappa shape index (κ2) is 13.4. The molecule has 2 heterocycles. The molecule has 11 aromatic rings. The smallest absolute Gasteiger partial charge is 0.132 e. The van der Waals surface area contributed by atoms with E-state index in [0.717, 1.165) is 62.3 Å². The highest BCUT2D eigenvalue weighted by molar-refractivity contribution is 6.09. The third-order valence-electron chi connectivity index (χ3n) is 15.2. The van der Waals surface area contributed by atoms with Gasteiger partial charge in [0, 0.05) is 39.2 Å². The number of para-hydroxylation sites is 4. The van der Waals surface area contributed by atoms with Crippen LogP contribution < -0.4 is 14.4 Å². The Labute approximate surface area is 388 Å². The molecule has 2 aliphatic heterocycles. The highest BCUT2D eigenvalue weighted by atomic mass is 16.5. The van der Waals surface area contributed by atoms with Crippen LogP contribution in [0.2, 0.25) is 0 Å². The Balaban J connectivity index is 1.05. The molecule has 4 aliphatic rings. The topological polar surface area (TPSA) is 21.7 Å². The molecule has 3 nitrogen and oxygen atoms in total. The molecule has 67 heavy (non-hydrogen) atoms. The molecule has 312 valence electrons. The third kappa shape index (κ3) is 4.70. The number of nitrogens with zero attached hydrogens (tertiary/aromatic N) is 1. The predicted octanol–water partition coefficient (Wildman–Crippen LogP) is 16.4. The maximum atomic E-state index is 6.75. The normalized spacial score (nSPS) is 14.4. The number of anilines is 3. The summed E-state index contributed by atoms with van der Waals surface area (Å²) in [7, 11) is 0. The summed E-state index contributed by atoms with van der Waals surface area (Å²) in [5.41, 5.74) is 16.5. The van der Waals surface area contributed by atoms with Crippen molar-refractivity contribution < 1.29 is 9.47 Å². The molecule has 0 radical (unpaired) electrons. The average molecular weight is 854 g/mol. The fraction of sp³-hybridized carbons (Fsp3) is 0.0312. The van der Waals surface area contributed by atoms with Gasteiger partial charge >= 0.3 is 0 Å².